The van der Waals surface area contributed by atoms with Crippen LogP contribution in [0.5, 0.6) is 0 Å². The second-order valence-electron chi connectivity index (χ2n) is 7.12. The van der Waals surface area contributed by atoms with Gasteiger partial charge in [0.2, 0.25) is 0 Å². The molecule has 2 aliphatic rings. The predicted octanol–water partition coefficient (Wildman–Crippen LogP) is 2.51. The summed E-state index contributed by atoms with van der Waals surface area (Å²) in [6, 6.07) is 16.5. The van der Waals surface area contributed by atoms with Gasteiger partial charge in [-0.25, -0.2) is 4.79 Å². The number of benzene rings is 2. The van der Waals surface area contributed by atoms with E-state index in [4.69, 9.17) is 4.84 Å². The molecule has 4 rings (SSSR count). The minimum atomic E-state index is -0.587. The first-order valence-electron chi connectivity index (χ1n) is 9.00. The van der Waals surface area contributed by atoms with E-state index >= 15 is 0 Å². The van der Waals surface area contributed by atoms with Gasteiger partial charge >= 0.3 is 5.97 Å². The van der Waals surface area contributed by atoms with Crippen LogP contribution >= 0.6 is 0 Å². The number of carbonyl (C=O) groups is 3. The average molecular weight is 364 g/mol. The van der Waals surface area contributed by atoms with Crippen molar-refractivity contribution in [2.24, 2.45) is 11.8 Å². The van der Waals surface area contributed by atoms with Crippen molar-refractivity contribution in [1.29, 1.82) is 0 Å². The number of hydroxylamine groups is 2. The maximum Gasteiger partial charge on any atom is 0.337 e. The zero-order valence-electron chi connectivity index (χ0n) is 15.0. The molecule has 2 heterocycles. The maximum atomic E-state index is 12.7. The third-order valence-corrected chi connectivity index (χ3v) is 5.18. The Morgan fingerprint density at radius 3 is 2.19 bits per heavy atom. The Morgan fingerprint density at radius 2 is 1.56 bits per heavy atom. The Bertz CT molecular complexity index is 861. The molecule has 0 N–H and O–H groups in total. The lowest BCUT2D eigenvalue weighted by Gasteiger charge is -2.18. The lowest BCUT2D eigenvalue weighted by atomic mass is 9.99. The highest BCUT2D eigenvalue weighted by Gasteiger charge is 2.42. The van der Waals surface area contributed by atoms with Gasteiger partial charge in [-0.2, -0.15) is 0 Å². The molecule has 2 aromatic carbocycles. The van der Waals surface area contributed by atoms with Crippen LogP contribution in [0.15, 0.2) is 54.6 Å². The van der Waals surface area contributed by atoms with Crippen LogP contribution in [-0.4, -0.2) is 40.8 Å². The standard InChI is InChI=1S/C21H20N2O4/c1-14-11-22(12-15-7-3-2-4-8-15)13-18(14)21(26)27-23-19(24)16-9-5-6-10-17(16)20(23)25/h2-10,14,18H,11-13H2,1H3. The van der Waals surface area contributed by atoms with Crippen molar-refractivity contribution in [3.8, 4) is 0 Å². The molecule has 0 spiro atoms. The number of carbonyl (C=O) groups excluding carboxylic acids is 3. The number of hydrogen-bond acceptors (Lipinski definition) is 5. The van der Waals surface area contributed by atoms with E-state index in [0.29, 0.717) is 11.6 Å². The molecule has 2 atom stereocenters. The molecular weight excluding hydrogens is 344 g/mol. The Balaban J connectivity index is 1.42. The summed E-state index contributed by atoms with van der Waals surface area (Å²) in [5.41, 5.74) is 1.71. The minimum absolute atomic E-state index is 0.0800. The largest absolute Gasteiger partial charge is 0.337 e. The van der Waals surface area contributed by atoms with Crippen LogP contribution in [0.3, 0.4) is 0 Å². The van der Waals surface area contributed by atoms with E-state index < -0.39 is 17.8 Å². The highest BCUT2D eigenvalue weighted by molar-refractivity contribution is 6.20. The summed E-state index contributed by atoms with van der Waals surface area (Å²) in [5, 5.41) is 0.597. The monoisotopic (exact) mass is 364 g/mol. The van der Waals surface area contributed by atoms with Gasteiger partial charge < -0.3 is 4.84 Å². The van der Waals surface area contributed by atoms with E-state index in [1.165, 1.54) is 5.56 Å². The third kappa shape index (κ3) is 3.24. The quantitative estimate of drug-likeness (QED) is 0.780. The summed E-state index contributed by atoms with van der Waals surface area (Å²) in [4.78, 5) is 44.8. The van der Waals surface area contributed by atoms with Gasteiger partial charge in [0, 0.05) is 19.6 Å². The van der Waals surface area contributed by atoms with Crippen molar-refractivity contribution in [2.45, 2.75) is 13.5 Å². The topological polar surface area (TPSA) is 66.9 Å². The van der Waals surface area contributed by atoms with E-state index in [9.17, 15) is 14.4 Å². The van der Waals surface area contributed by atoms with Gasteiger partial charge in [0.1, 0.15) is 0 Å². The van der Waals surface area contributed by atoms with E-state index in [-0.39, 0.29) is 23.0 Å². The molecule has 138 valence electrons. The first-order chi connectivity index (χ1) is 13.0. The summed E-state index contributed by atoms with van der Waals surface area (Å²) in [7, 11) is 0. The molecule has 1 fully saturated rings. The fourth-order valence-corrected chi connectivity index (χ4v) is 3.75. The fourth-order valence-electron chi connectivity index (χ4n) is 3.75. The van der Waals surface area contributed by atoms with E-state index in [1.807, 2.05) is 25.1 Å². The molecule has 2 aliphatic heterocycles. The zero-order valence-corrected chi connectivity index (χ0v) is 15.0. The van der Waals surface area contributed by atoms with Gasteiger partial charge in [-0.1, -0.05) is 54.5 Å². The number of hydrogen-bond donors (Lipinski definition) is 0. The molecule has 0 radical (unpaired) electrons. The molecule has 2 amide bonds. The number of rotatable bonds is 4. The normalized spacial score (nSPS) is 22.2. The third-order valence-electron chi connectivity index (χ3n) is 5.18. The molecule has 0 bridgehead atoms. The van der Waals surface area contributed by atoms with Crippen molar-refractivity contribution in [3.63, 3.8) is 0 Å². The van der Waals surface area contributed by atoms with E-state index in [0.717, 1.165) is 13.1 Å². The molecule has 0 aromatic heterocycles. The van der Waals surface area contributed by atoms with Crippen LogP contribution < -0.4 is 0 Å². The van der Waals surface area contributed by atoms with Crippen molar-refractivity contribution >= 4 is 17.8 Å². The Labute approximate surface area is 157 Å². The number of imide groups is 1. The Kier molecular flexibility index (Phi) is 4.49. The molecule has 6 nitrogen and oxygen atoms in total. The Morgan fingerprint density at radius 1 is 0.963 bits per heavy atom. The lowest BCUT2D eigenvalue weighted by molar-refractivity contribution is -0.174. The molecule has 2 aromatic rings. The molecule has 6 heteroatoms. The Hall–Kier alpha value is -2.99. The second-order valence-corrected chi connectivity index (χ2v) is 7.12. The molecule has 0 aliphatic carbocycles. The maximum absolute atomic E-state index is 12.7. The van der Waals surface area contributed by atoms with Crippen molar-refractivity contribution in [3.05, 3.63) is 71.3 Å². The van der Waals surface area contributed by atoms with Gasteiger partial charge in [0.05, 0.1) is 17.0 Å². The summed E-state index contributed by atoms with van der Waals surface area (Å²) in [6.07, 6.45) is 0. The van der Waals surface area contributed by atoms with Crippen LogP contribution in [-0.2, 0) is 16.2 Å². The average Bonchev–Trinajstić information content (AvgIpc) is 3.16. The van der Waals surface area contributed by atoms with Gasteiger partial charge in [-0.05, 0) is 23.6 Å². The number of fused-ring (bicyclic) bond motifs is 1. The van der Waals surface area contributed by atoms with Crippen LogP contribution in [0.4, 0.5) is 0 Å². The van der Waals surface area contributed by atoms with Crippen molar-refractivity contribution < 1.29 is 19.2 Å². The predicted molar refractivity (Wildman–Crippen MR) is 97.4 cm³/mol. The molecular formula is C21H20N2O4. The summed E-state index contributed by atoms with van der Waals surface area (Å²) >= 11 is 0. The first kappa shape index (κ1) is 17.4. The van der Waals surface area contributed by atoms with Crippen LogP contribution in [0.1, 0.15) is 33.2 Å². The molecule has 2 unspecified atom stereocenters. The van der Waals surface area contributed by atoms with E-state index in [1.54, 1.807) is 24.3 Å². The van der Waals surface area contributed by atoms with Gasteiger partial charge in [-0.3, -0.25) is 14.5 Å². The van der Waals surface area contributed by atoms with Crippen LogP contribution in [0.2, 0.25) is 0 Å². The highest BCUT2D eigenvalue weighted by Crippen LogP contribution is 2.28. The summed E-state index contributed by atoms with van der Waals surface area (Å²) in [5.74, 6) is -2.01. The van der Waals surface area contributed by atoms with Crippen molar-refractivity contribution in [1.82, 2.24) is 9.96 Å². The smallest absolute Gasteiger partial charge is 0.329 e. The first-order valence-corrected chi connectivity index (χ1v) is 9.00. The summed E-state index contributed by atoms with van der Waals surface area (Å²) in [6.45, 7) is 4.04. The molecule has 0 saturated carbocycles. The van der Waals surface area contributed by atoms with Gasteiger partial charge in [0.25, 0.3) is 11.8 Å². The molecule has 1 saturated heterocycles. The van der Waals surface area contributed by atoms with Crippen LogP contribution in [0.25, 0.3) is 0 Å². The van der Waals surface area contributed by atoms with E-state index in [2.05, 4.69) is 17.0 Å². The number of likely N-dealkylation sites (tertiary alicyclic amines) is 1. The minimum Gasteiger partial charge on any atom is -0.329 e. The SMILES string of the molecule is CC1CN(Cc2ccccc2)CC1C(=O)ON1C(=O)c2ccccc2C1=O. The highest BCUT2D eigenvalue weighted by atomic mass is 16.7. The second kappa shape index (κ2) is 6.96. The number of amides is 2. The van der Waals surface area contributed by atoms with Gasteiger partial charge in [0.15, 0.2) is 0 Å². The van der Waals surface area contributed by atoms with Gasteiger partial charge in [-0.15, -0.1) is 0 Å². The zero-order chi connectivity index (χ0) is 19.0. The lowest BCUT2D eigenvalue weighted by Crippen LogP contribution is -2.36. The molecule has 27 heavy (non-hydrogen) atoms. The van der Waals surface area contributed by atoms with Crippen LogP contribution in [0, 0.1) is 11.8 Å². The number of nitrogens with zero attached hydrogens (tertiary/aromatic N) is 2. The summed E-state index contributed by atoms with van der Waals surface area (Å²) < 4.78 is 0. The fraction of sp³-hybridized carbons (Fsp3) is 0.286. The van der Waals surface area contributed by atoms with Crippen molar-refractivity contribution in [2.75, 3.05) is 13.1 Å².